The van der Waals surface area contributed by atoms with Crippen LogP contribution in [0.3, 0.4) is 0 Å². The van der Waals surface area contributed by atoms with E-state index in [0.717, 1.165) is 28.3 Å². The summed E-state index contributed by atoms with van der Waals surface area (Å²) in [5.74, 6) is 1.91. The molecule has 0 fully saturated rings. The van der Waals surface area contributed by atoms with Crippen LogP contribution in [0.15, 0.2) is 28.8 Å². The molecular weight excluding hydrogens is 320 g/mol. The van der Waals surface area contributed by atoms with Crippen LogP contribution in [0.25, 0.3) is 11.4 Å². The summed E-state index contributed by atoms with van der Waals surface area (Å²) in [5.41, 5.74) is 8.91. The number of nitrogens with zero attached hydrogens (tertiary/aromatic N) is 3. The van der Waals surface area contributed by atoms with Gasteiger partial charge in [-0.2, -0.15) is 5.10 Å². The zero-order chi connectivity index (χ0) is 17.8. The molecule has 25 heavy (non-hydrogen) atoms. The largest absolute Gasteiger partial charge is 0.361 e. The summed E-state index contributed by atoms with van der Waals surface area (Å²) in [7, 11) is 0. The molecule has 0 aliphatic heterocycles. The van der Waals surface area contributed by atoms with Crippen LogP contribution in [0.1, 0.15) is 29.3 Å². The van der Waals surface area contributed by atoms with Gasteiger partial charge in [0.1, 0.15) is 11.6 Å². The summed E-state index contributed by atoms with van der Waals surface area (Å²) in [6, 6.07) is 7.35. The van der Waals surface area contributed by atoms with Crippen LogP contribution in [-0.4, -0.2) is 26.2 Å². The van der Waals surface area contributed by atoms with Crippen molar-refractivity contribution < 1.29 is 9.32 Å². The van der Waals surface area contributed by atoms with Crippen molar-refractivity contribution >= 4 is 11.6 Å². The minimum atomic E-state index is -0.0592. The van der Waals surface area contributed by atoms with Crippen LogP contribution in [0.4, 0.5) is 5.69 Å². The molecule has 0 saturated carbocycles. The summed E-state index contributed by atoms with van der Waals surface area (Å²) in [5, 5.41) is 13.7. The standard InChI is InChI=1S/C17H20N6O2/c1-10-14(11(2)25-23-10)7-8-16(24)19-13-5-3-12(4-6-13)17-20-15(9-18)21-22-17/h3-6H,7-9,18H2,1-2H3,(H,19,24)(H,20,21,22). The molecule has 0 aliphatic carbocycles. The molecule has 2 heterocycles. The lowest BCUT2D eigenvalue weighted by Gasteiger charge is -2.06. The van der Waals surface area contributed by atoms with Crippen molar-refractivity contribution in [3.8, 4) is 11.4 Å². The molecule has 130 valence electrons. The second kappa shape index (κ2) is 7.27. The van der Waals surface area contributed by atoms with E-state index in [2.05, 4.69) is 25.7 Å². The van der Waals surface area contributed by atoms with E-state index in [1.807, 2.05) is 38.1 Å². The van der Waals surface area contributed by atoms with E-state index in [1.54, 1.807) is 0 Å². The van der Waals surface area contributed by atoms with Crippen LogP contribution >= 0.6 is 0 Å². The highest BCUT2D eigenvalue weighted by atomic mass is 16.5. The van der Waals surface area contributed by atoms with Gasteiger partial charge in [-0.3, -0.25) is 9.89 Å². The van der Waals surface area contributed by atoms with E-state index in [0.29, 0.717) is 31.0 Å². The molecule has 0 saturated heterocycles. The van der Waals surface area contributed by atoms with Gasteiger partial charge < -0.3 is 15.6 Å². The lowest BCUT2D eigenvalue weighted by molar-refractivity contribution is -0.116. The highest BCUT2D eigenvalue weighted by molar-refractivity contribution is 5.91. The summed E-state index contributed by atoms with van der Waals surface area (Å²) in [6.07, 6.45) is 0.968. The third-order valence-electron chi connectivity index (χ3n) is 3.94. The first-order valence-corrected chi connectivity index (χ1v) is 8.00. The second-order valence-electron chi connectivity index (χ2n) is 5.74. The number of carbonyl (C=O) groups excluding carboxylic acids is 1. The number of nitrogens with two attached hydrogens (primary N) is 1. The topological polar surface area (TPSA) is 123 Å². The Morgan fingerprint density at radius 2 is 2.04 bits per heavy atom. The number of aromatic nitrogens is 4. The van der Waals surface area contributed by atoms with E-state index < -0.39 is 0 Å². The predicted octanol–water partition coefficient (Wildman–Crippen LogP) is 2.11. The van der Waals surface area contributed by atoms with Gasteiger partial charge in [0, 0.05) is 23.2 Å². The Hall–Kier alpha value is -3.00. The van der Waals surface area contributed by atoms with Gasteiger partial charge in [-0.05, 0) is 44.5 Å². The summed E-state index contributed by atoms with van der Waals surface area (Å²) >= 11 is 0. The summed E-state index contributed by atoms with van der Waals surface area (Å²) in [6.45, 7) is 4.04. The Balaban J connectivity index is 1.58. The fraction of sp³-hybridized carbons (Fsp3) is 0.294. The molecule has 4 N–H and O–H groups in total. The number of carbonyl (C=O) groups is 1. The maximum Gasteiger partial charge on any atom is 0.224 e. The average molecular weight is 340 g/mol. The summed E-state index contributed by atoms with van der Waals surface area (Å²) < 4.78 is 5.11. The quantitative estimate of drug-likeness (QED) is 0.631. The minimum Gasteiger partial charge on any atom is -0.361 e. The van der Waals surface area contributed by atoms with Crippen molar-refractivity contribution in [1.82, 2.24) is 20.3 Å². The smallest absolute Gasteiger partial charge is 0.224 e. The van der Waals surface area contributed by atoms with Crippen molar-refractivity contribution in [3.05, 3.63) is 47.1 Å². The normalized spacial score (nSPS) is 10.8. The maximum absolute atomic E-state index is 12.1. The van der Waals surface area contributed by atoms with Gasteiger partial charge >= 0.3 is 0 Å². The number of aromatic amines is 1. The molecule has 0 bridgehead atoms. The minimum absolute atomic E-state index is 0.0592. The third-order valence-corrected chi connectivity index (χ3v) is 3.94. The van der Waals surface area contributed by atoms with Crippen molar-refractivity contribution in [3.63, 3.8) is 0 Å². The van der Waals surface area contributed by atoms with E-state index in [-0.39, 0.29) is 5.91 Å². The van der Waals surface area contributed by atoms with Gasteiger partial charge in [0.25, 0.3) is 0 Å². The zero-order valence-electron chi connectivity index (χ0n) is 14.2. The Labute approximate surface area is 144 Å². The van der Waals surface area contributed by atoms with Crippen molar-refractivity contribution in [2.45, 2.75) is 33.2 Å². The molecule has 3 aromatic rings. The van der Waals surface area contributed by atoms with Gasteiger partial charge in [-0.1, -0.05) is 5.16 Å². The molecule has 0 radical (unpaired) electrons. The third kappa shape index (κ3) is 3.92. The first-order valence-electron chi connectivity index (χ1n) is 8.00. The molecule has 1 amide bonds. The van der Waals surface area contributed by atoms with E-state index in [9.17, 15) is 4.79 Å². The lowest BCUT2D eigenvalue weighted by atomic mass is 10.1. The fourth-order valence-electron chi connectivity index (χ4n) is 2.54. The van der Waals surface area contributed by atoms with Gasteiger partial charge in [-0.15, -0.1) is 0 Å². The SMILES string of the molecule is Cc1noc(C)c1CCC(=O)Nc1ccc(-c2n[nH]c(CN)n2)cc1. The van der Waals surface area contributed by atoms with Crippen LogP contribution in [-0.2, 0) is 17.8 Å². The lowest BCUT2D eigenvalue weighted by Crippen LogP contribution is -2.12. The predicted molar refractivity (Wildman–Crippen MR) is 92.6 cm³/mol. The number of rotatable bonds is 6. The number of anilines is 1. The van der Waals surface area contributed by atoms with E-state index in [1.165, 1.54) is 0 Å². The van der Waals surface area contributed by atoms with Crippen LogP contribution in [0, 0.1) is 13.8 Å². The molecular formula is C17H20N6O2. The van der Waals surface area contributed by atoms with Crippen molar-refractivity contribution in [2.75, 3.05) is 5.32 Å². The number of hydrogen-bond donors (Lipinski definition) is 3. The molecule has 0 aliphatic rings. The Kier molecular flexibility index (Phi) is 4.90. The zero-order valence-corrected chi connectivity index (χ0v) is 14.2. The molecule has 0 atom stereocenters. The summed E-state index contributed by atoms with van der Waals surface area (Å²) in [4.78, 5) is 16.4. The van der Waals surface area contributed by atoms with Crippen molar-refractivity contribution in [2.24, 2.45) is 5.73 Å². The molecule has 3 rings (SSSR count). The number of hydrogen-bond acceptors (Lipinski definition) is 6. The van der Waals surface area contributed by atoms with Gasteiger partial charge in [0.05, 0.1) is 12.2 Å². The average Bonchev–Trinajstić information content (AvgIpc) is 3.21. The van der Waals surface area contributed by atoms with E-state index in [4.69, 9.17) is 10.3 Å². The first-order chi connectivity index (χ1) is 12.1. The number of aryl methyl sites for hydroxylation is 2. The Morgan fingerprint density at radius 1 is 1.28 bits per heavy atom. The molecule has 2 aromatic heterocycles. The highest BCUT2D eigenvalue weighted by Gasteiger charge is 2.11. The monoisotopic (exact) mass is 340 g/mol. The first kappa shape index (κ1) is 16.8. The van der Waals surface area contributed by atoms with Crippen LogP contribution in [0.5, 0.6) is 0 Å². The van der Waals surface area contributed by atoms with Gasteiger partial charge in [0.15, 0.2) is 5.82 Å². The highest BCUT2D eigenvalue weighted by Crippen LogP contribution is 2.19. The second-order valence-corrected chi connectivity index (χ2v) is 5.74. The number of benzene rings is 1. The van der Waals surface area contributed by atoms with Gasteiger partial charge in [0.2, 0.25) is 5.91 Å². The Bertz CT molecular complexity index is 846. The Morgan fingerprint density at radius 3 is 2.64 bits per heavy atom. The molecule has 1 aromatic carbocycles. The number of nitrogens with one attached hydrogen (secondary N) is 2. The molecule has 8 heteroatoms. The fourth-order valence-corrected chi connectivity index (χ4v) is 2.54. The van der Waals surface area contributed by atoms with Crippen LogP contribution < -0.4 is 11.1 Å². The van der Waals surface area contributed by atoms with Crippen LogP contribution in [0.2, 0.25) is 0 Å². The van der Waals surface area contributed by atoms with Gasteiger partial charge in [-0.25, -0.2) is 4.98 Å². The molecule has 0 spiro atoms. The van der Waals surface area contributed by atoms with Crippen molar-refractivity contribution in [1.29, 1.82) is 0 Å². The van der Waals surface area contributed by atoms with E-state index >= 15 is 0 Å². The molecule has 8 nitrogen and oxygen atoms in total. The number of H-pyrrole nitrogens is 1. The molecule has 0 unspecified atom stereocenters. The number of amides is 1. The maximum atomic E-state index is 12.1.